The highest BCUT2D eigenvalue weighted by Gasteiger charge is 2.15. The van der Waals surface area contributed by atoms with Crippen molar-refractivity contribution >= 4 is 5.69 Å². The number of hydrogen-bond acceptors (Lipinski definition) is 3. The molecule has 1 atom stereocenters. The van der Waals surface area contributed by atoms with E-state index < -0.39 is 0 Å². The summed E-state index contributed by atoms with van der Waals surface area (Å²) >= 11 is 0. The number of rotatable bonds is 7. The second-order valence-corrected chi connectivity index (χ2v) is 5.74. The lowest BCUT2D eigenvalue weighted by Gasteiger charge is -2.23. The Morgan fingerprint density at radius 1 is 1.00 bits per heavy atom. The van der Waals surface area contributed by atoms with Gasteiger partial charge in [0.25, 0.3) is 0 Å². The molecule has 1 N–H and O–H groups in total. The molecule has 0 aliphatic carbocycles. The third kappa shape index (κ3) is 7.38. The van der Waals surface area contributed by atoms with Crippen molar-refractivity contribution in [2.45, 2.75) is 20.0 Å². The van der Waals surface area contributed by atoms with E-state index in [2.05, 4.69) is 42.6 Å². The maximum absolute atomic E-state index is 5.71. The zero-order chi connectivity index (χ0) is 17.7. The molecule has 0 aromatic heterocycles. The normalized spacial score (nSPS) is 19.6. The number of allylic oxidation sites excluding steroid dienone is 9. The summed E-state index contributed by atoms with van der Waals surface area (Å²) in [5.74, 6) is 0. The van der Waals surface area contributed by atoms with E-state index in [1.54, 1.807) is 0 Å². The molecule has 0 bridgehead atoms. The summed E-state index contributed by atoms with van der Waals surface area (Å²) in [7, 11) is 0. The van der Waals surface area contributed by atoms with E-state index in [9.17, 15) is 0 Å². The molecule has 3 heteroatoms. The van der Waals surface area contributed by atoms with Crippen molar-refractivity contribution in [1.29, 1.82) is 0 Å². The van der Waals surface area contributed by atoms with Crippen molar-refractivity contribution in [2.24, 2.45) is 0 Å². The highest BCUT2D eigenvalue weighted by atomic mass is 16.6. The Morgan fingerprint density at radius 2 is 1.72 bits per heavy atom. The van der Waals surface area contributed by atoms with E-state index in [-0.39, 0.29) is 6.10 Å². The quantitative estimate of drug-likeness (QED) is 0.682. The molecule has 132 valence electrons. The van der Waals surface area contributed by atoms with Gasteiger partial charge in [-0.3, -0.25) is 0 Å². The van der Waals surface area contributed by atoms with Gasteiger partial charge in [-0.05, 0) is 37.1 Å². The van der Waals surface area contributed by atoms with Crippen molar-refractivity contribution in [3.8, 4) is 0 Å². The lowest BCUT2D eigenvalue weighted by atomic mass is 10.1. The van der Waals surface area contributed by atoms with Gasteiger partial charge in [0.1, 0.15) is 6.10 Å². The Hall–Kier alpha value is -2.36. The van der Waals surface area contributed by atoms with Gasteiger partial charge >= 0.3 is 0 Å². The molecule has 1 saturated heterocycles. The maximum Gasteiger partial charge on any atom is 0.106 e. The van der Waals surface area contributed by atoms with Crippen LogP contribution < -0.4 is 5.32 Å². The summed E-state index contributed by atoms with van der Waals surface area (Å²) in [5.41, 5.74) is 3.36. The van der Waals surface area contributed by atoms with Gasteiger partial charge in [0, 0.05) is 11.9 Å². The molecule has 1 heterocycles. The molecule has 1 aromatic carbocycles. The van der Waals surface area contributed by atoms with E-state index in [1.807, 2.05) is 55.7 Å². The predicted molar refractivity (Wildman–Crippen MR) is 106 cm³/mol. The molecule has 0 radical (unpaired) electrons. The third-order valence-electron chi connectivity index (χ3n) is 3.67. The van der Waals surface area contributed by atoms with Crippen LogP contribution in [0.4, 0.5) is 5.69 Å². The van der Waals surface area contributed by atoms with Crippen LogP contribution in [-0.2, 0) is 9.47 Å². The van der Waals surface area contributed by atoms with Gasteiger partial charge in [0.15, 0.2) is 0 Å². The maximum atomic E-state index is 5.71. The van der Waals surface area contributed by atoms with Crippen LogP contribution in [-0.4, -0.2) is 19.8 Å². The molecule has 1 aromatic rings. The Bertz CT molecular complexity index is 645. The first-order chi connectivity index (χ1) is 12.3. The molecular formula is C22H27NO2. The minimum absolute atomic E-state index is 0.0525. The van der Waals surface area contributed by atoms with Gasteiger partial charge in [0.05, 0.1) is 19.8 Å². The molecule has 1 aliphatic rings. The summed E-state index contributed by atoms with van der Waals surface area (Å²) in [5, 5.41) is 3.31. The molecule has 25 heavy (non-hydrogen) atoms. The van der Waals surface area contributed by atoms with E-state index in [0.717, 1.165) is 16.8 Å². The second kappa shape index (κ2) is 11.2. The van der Waals surface area contributed by atoms with Crippen molar-refractivity contribution in [3.05, 3.63) is 90.2 Å². The van der Waals surface area contributed by atoms with Crippen molar-refractivity contribution in [3.63, 3.8) is 0 Å². The molecule has 0 amide bonds. The first kappa shape index (κ1) is 19.0. The summed E-state index contributed by atoms with van der Waals surface area (Å²) in [6.07, 6.45) is 18.2. The van der Waals surface area contributed by atoms with Crippen molar-refractivity contribution in [1.82, 2.24) is 0 Å². The third-order valence-corrected chi connectivity index (χ3v) is 3.67. The first-order valence-electron chi connectivity index (χ1n) is 8.65. The Balaban J connectivity index is 1.81. The van der Waals surface area contributed by atoms with Crippen LogP contribution in [0, 0.1) is 0 Å². The summed E-state index contributed by atoms with van der Waals surface area (Å²) in [6.45, 7) is 6.05. The Morgan fingerprint density at radius 3 is 2.40 bits per heavy atom. The van der Waals surface area contributed by atoms with Gasteiger partial charge in [-0.1, -0.05) is 60.7 Å². The van der Waals surface area contributed by atoms with Gasteiger partial charge < -0.3 is 14.8 Å². The fourth-order valence-corrected chi connectivity index (χ4v) is 2.29. The number of anilines is 1. The highest BCUT2D eigenvalue weighted by molar-refractivity contribution is 5.48. The molecule has 0 spiro atoms. The lowest BCUT2D eigenvalue weighted by molar-refractivity contribution is -0.0901. The average Bonchev–Trinajstić information content (AvgIpc) is 2.67. The van der Waals surface area contributed by atoms with Crippen molar-refractivity contribution in [2.75, 3.05) is 25.1 Å². The average molecular weight is 337 g/mol. The van der Waals surface area contributed by atoms with Crippen LogP contribution in [0.1, 0.15) is 25.5 Å². The largest absolute Gasteiger partial charge is 0.376 e. The van der Waals surface area contributed by atoms with Gasteiger partial charge in [-0.15, -0.1) is 0 Å². The minimum atomic E-state index is 0.0525. The molecule has 2 rings (SSSR count). The van der Waals surface area contributed by atoms with Crippen LogP contribution >= 0.6 is 0 Å². The zero-order valence-corrected chi connectivity index (χ0v) is 15.0. The number of hydrogen-bond donors (Lipinski definition) is 1. The lowest BCUT2D eigenvalue weighted by Crippen LogP contribution is -2.21. The van der Waals surface area contributed by atoms with Gasteiger partial charge in [-0.25, -0.2) is 0 Å². The first-order valence-corrected chi connectivity index (χ1v) is 8.65. The van der Waals surface area contributed by atoms with Crippen molar-refractivity contribution < 1.29 is 9.47 Å². The zero-order valence-electron chi connectivity index (χ0n) is 15.0. The van der Waals surface area contributed by atoms with Gasteiger partial charge in [0.2, 0.25) is 0 Å². The van der Waals surface area contributed by atoms with E-state index in [4.69, 9.17) is 9.47 Å². The number of ether oxygens (including phenoxy) is 2. The molecule has 3 nitrogen and oxygen atoms in total. The Labute approximate surface area is 151 Å². The number of benzene rings is 1. The second-order valence-electron chi connectivity index (χ2n) is 5.74. The van der Waals surface area contributed by atoms with Crippen LogP contribution in [0.15, 0.2) is 84.6 Å². The standard InChI is InChI=1S/C22H27NO2/c1-3-4-5-6-7-8-9-10-19(2)17-23-21-13-11-20(12-14-21)22-18-24-15-16-25-22/h3-14,17,22-23H,15-16,18H2,1-2H3/b4-3-,6-5+,8-7-,10-9-,19-17-. The molecule has 1 unspecified atom stereocenters. The minimum Gasteiger partial charge on any atom is -0.376 e. The summed E-state index contributed by atoms with van der Waals surface area (Å²) in [6, 6.07) is 8.29. The molecule has 0 saturated carbocycles. The SMILES string of the molecule is C\C=C/C=C/C=C\C=C/C(C)=C\Nc1ccc(C2COCCO2)cc1. The van der Waals surface area contributed by atoms with E-state index in [1.165, 1.54) is 0 Å². The van der Waals surface area contributed by atoms with Crippen LogP contribution in [0.5, 0.6) is 0 Å². The predicted octanol–water partition coefficient (Wildman–Crippen LogP) is 5.33. The fourth-order valence-electron chi connectivity index (χ4n) is 2.29. The monoisotopic (exact) mass is 337 g/mol. The fraction of sp³-hybridized carbons (Fsp3) is 0.273. The number of nitrogens with one attached hydrogen (secondary N) is 1. The van der Waals surface area contributed by atoms with Crippen LogP contribution in [0.2, 0.25) is 0 Å². The highest BCUT2D eigenvalue weighted by Crippen LogP contribution is 2.22. The molecule has 1 fully saturated rings. The molecule has 1 aliphatic heterocycles. The Kier molecular flexibility index (Phi) is 8.53. The summed E-state index contributed by atoms with van der Waals surface area (Å²) < 4.78 is 11.2. The van der Waals surface area contributed by atoms with Gasteiger partial charge in [-0.2, -0.15) is 0 Å². The van der Waals surface area contributed by atoms with Crippen LogP contribution in [0.25, 0.3) is 0 Å². The van der Waals surface area contributed by atoms with E-state index in [0.29, 0.717) is 19.8 Å². The van der Waals surface area contributed by atoms with E-state index >= 15 is 0 Å². The van der Waals surface area contributed by atoms with Crippen LogP contribution in [0.3, 0.4) is 0 Å². The topological polar surface area (TPSA) is 30.5 Å². The smallest absolute Gasteiger partial charge is 0.106 e. The summed E-state index contributed by atoms with van der Waals surface area (Å²) in [4.78, 5) is 0. The molecular weight excluding hydrogens is 310 g/mol.